The molecule has 0 aromatic carbocycles. The molecular formula is C18H18F3N7O2. The first-order valence-electron chi connectivity index (χ1n) is 9.11. The van der Waals surface area contributed by atoms with Crippen molar-refractivity contribution in [3.63, 3.8) is 0 Å². The number of fused-ring (bicyclic) bond motifs is 1. The summed E-state index contributed by atoms with van der Waals surface area (Å²) in [6, 6.07) is 3.98. The van der Waals surface area contributed by atoms with Crippen molar-refractivity contribution in [1.29, 1.82) is 0 Å². The number of imidazole rings is 1. The maximum Gasteiger partial charge on any atom is 0.419 e. The van der Waals surface area contributed by atoms with Gasteiger partial charge in [0, 0.05) is 18.3 Å². The fraction of sp³-hybridized carbons (Fsp3) is 0.333. The molecule has 0 aliphatic carbocycles. The minimum absolute atomic E-state index is 0.0103. The van der Waals surface area contributed by atoms with Gasteiger partial charge in [0.1, 0.15) is 12.4 Å². The summed E-state index contributed by atoms with van der Waals surface area (Å²) in [4.78, 5) is 19.9. The molecule has 3 aromatic heterocycles. The second kappa shape index (κ2) is 7.88. The topological polar surface area (TPSA) is 119 Å². The molecule has 9 nitrogen and oxygen atoms in total. The number of aromatic nitrogens is 4. The van der Waals surface area contributed by atoms with Crippen LogP contribution in [0.3, 0.4) is 0 Å². The Bertz CT molecular complexity index is 1080. The highest BCUT2D eigenvalue weighted by Gasteiger charge is 2.34. The van der Waals surface area contributed by atoms with Gasteiger partial charge in [0.2, 0.25) is 0 Å². The highest BCUT2D eigenvalue weighted by Crippen LogP contribution is 2.34. The van der Waals surface area contributed by atoms with E-state index < -0.39 is 17.6 Å². The predicted molar refractivity (Wildman–Crippen MR) is 101 cm³/mol. The van der Waals surface area contributed by atoms with Crippen LogP contribution in [0.5, 0.6) is 0 Å². The monoisotopic (exact) mass is 421 g/mol. The lowest BCUT2D eigenvalue weighted by molar-refractivity contribution is -0.137. The molecule has 12 heteroatoms. The fourth-order valence-corrected chi connectivity index (χ4v) is 3.08. The number of hydrogen-bond donors (Lipinski definition) is 3. The van der Waals surface area contributed by atoms with Crippen LogP contribution >= 0.6 is 0 Å². The number of nitrogen functional groups attached to an aromatic ring is 1. The van der Waals surface area contributed by atoms with Crippen molar-refractivity contribution in [2.24, 2.45) is 0 Å². The van der Waals surface area contributed by atoms with E-state index in [-0.39, 0.29) is 35.7 Å². The third kappa shape index (κ3) is 4.33. The van der Waals surface area contributed by atoms with Gasteiger partial charge in [0.15, 0.2) is 11.5 Å². The molecule has 0 radical (unpaired) electrons. The SMILES string of the molecule is Nc1ncc(-c2ccc3nc(NC(=O)CO[C@H]4CCNC4)cn3n2)cc1C(F)(F)F. The molecule has 0 bridgehead atoms. The van der Waals surface area contributed by atoms with E-state index in [0.29, 0.717) is 12.2 Å². The highest BCUT2D eigenvalue weighted by molar-refractivity contribution is 5.91. The van der Waals surface area contributed by atoms with Gasteiger partial charge in [0.05, 0.1) is 23.6 Å². The van der Waals surface area contributed by atoms with E-state index in [1.54, 1.807) is 6.07 Å². The zero-order valence-corrected chi connectivity index (χ0v) is 15.6. The van der Waals surface area contributed by atoms with Gasteiger partial charge in [-0.2, -0.15) is 18.3 Å². The largest absolute Gasteiger partial charge is 0.419 e. The first-order chi connectivity index (χ1) is 14.3. The van der Waals surface area contributed by atoms with Crippen molar-refractivity contribution in [3.05, 3.63) is 36.2 Å². The number of nitrogens with one attached hydrogen (secondary N) is 2. The minimum Gasteiger partial charge on any atom is -0.383 e. The third-order valence-corrected chi connectivity index (χ3v) is 4.57. The summed E-state index contributed by atoms with van der Waals surface area (Å²) in [5, 5.41) is 10.0. The number of carbonyl (C=O) groups is 1. The van der Waals surface area contributed by atoms with Gasteiger partial charge in [0.25, 0.3) is 5.91 Å². The summed E-state index contributed by atoms with van der Waals surface area (Å²) in [5.74, 6) is -0.706. The van der Waals surface area contributed by atoms with E-state index in [9.17, 15) is 18.0 Å². The van der Waals surface area contributed by atoms with Gasteiger partial charge >= 0.3 is 6.18 Å². The molecule has 1 atom stereocenters. The molecule has 0 unspecified atom stereocenters. The third-order valence-electron chi connectivity index (χ3n) is 4.57. The summed E-state index contributed by atoms with van der Waals surface area (Å²) in [6.45, 7) is 1.47. The molecule has 1 aliphatic rings. The summed E-state index contributed by atoms with van der Waals surface area (Å²) < 4.78 is 46.1. The molecule has 1 aliphatic heterocycles. The second-order valence-electron chi connectivity index (χ2n) is 6.78. The van der Waals surface area contributed by atoms with Crippen molar-refractivity contribution in [2.75, 3.05) is 30.7 Å². The maximum atomic E-state index is 13.1. The Kier molecular flexibility index (Phi) is 5.26. The summed E-state index contributed by atoms with van der Waals surface area (Å²) in [7, 11) is 0. The summed E-state index contributed by atoms with van der Waals surface area (Å²) in [5.41, 5.74) is 5.11. The van der Waals surface area contributed by atoms with E-state index in [1.165, 1.54) is 23.0 Å². The van der Waals surface area contributed by atoms with E-state index in [4.69, 9.17) is 10.5 Å². The van der Waals surface area contributed by atoms with Crippen LogP contribution < -0.4 is 16.4 Å². The van der Waals surface area contributed by atoms with E-state index in [2.05, 4.69) is 25.7 Å². The Morgan fingerprint density at radius 2 is 2.23 bits per heavy atom. The maximum absolute atomic E-state index is 13.1. The van der Waals surface area contributed by atoms with E-state index >= 15 is 0 Å². The molecule has 1 fully saturated rings. The molecule has 4 heterocycles. The average Bonchev–Trinajstić information content (AvgIpc) is 3.34. The fourth-order valence-electron chi connectivity index (χ4n) is 3.08. The van der Waals surface area contributed by atoms with Gasteiger partial charge in [-0.3, -0.25) is 4.79 Å². The number of anilines is 2. The van der Waals surface area contributed by atoms with Gasteiger partial charge < -0.3 is 21.1 Å². The van der Waals surface area contributed by atoms with Crippen LogP contribution in [0.2, 0.25) is 0 Å². The van der Waals surface area contributed by atoms with Gasteiger partial charge in [-0.05, 0) is 31.2 Å². The molecular weight excluding hydrogens is 403 g/mol. The van der Waals surface area contributed by atoms with Crippen molar-refractivity contribution < 1.29 is 22.7 Å². The smallest absolute Gasteiger partial charge is 0.383 e. The van der Waals surface area contributed by atoms with Crippen LogP contribution in [0.4, 0.5) is 24.8 Å². The number of nitrogens with zero attached hydrogens (tertiary/aromatic N) is 4. The quantitative estimate of drug-likeness (QED) is 0.574. The minimum atomic E-state index is -4.62. The molecule has 0 spiro atoms. The van der Waals surface area contributed by atoms with Crippen LogP contribution in [0, 0.1) is 0 Å². The zero-order chi connectivity index (χ0) is 21.3. The number of pyridine rings is 1. The van der Waals surface area contributed by atoms with Crippen LogP contribution in [-0.2, 0) is 15.7 Å². The Morgan fingerprint density at radius 3 is 2.97 bits per heavy atom. The van der Waals surface area contributed by atoms with Crippen LogP contribution in [0.15, 0.2) is 30.6 Å². The number of rotatable bonds is 5. The van der Waals surface area contributed by atoms with Crippen LogP contribution in [0.1, 0.15) is 12.0 Å². The lowest BCUT2D eigenvalue weighted by Gasteiger charge is -2.10. The first kappa shape index (κ1) is 20.0. The highest BCUT2D eigenvalue weighted by atomic mass is 19.4. The predicted octanol–water partition coefficient (Wildman–Crippen LogP) is 1.71. The Morgan fingerprint density at radius 1 is 1.40 bits per heavy atom. The zero-order valence-electron chi connectivity index (χ0n) is 15.6. The van der Waals surface area contributed by atoms with E-state index in [1.807, 2.05) is 0 Å². The first-order valence-corrected chi connectivity index (χ1v) is 9.11. The van der Waals surface area contributed by atoms with Crippen molar-refractivity contribution in [1.82, 2.24) is 24.9 Å². The molecule has 4 N–H and O–H groups in total. The second-order valence-corrected chi connectivity index (χ2v) is 6.78. The van der Waals surface area contributed by atoms with Gasteiger partial charge in [-0.15, -0.1) is 0 Å². The van der Waals surface area contributed by atoms with Crippen molar-refractivity contribution >= 4 is 23.2 Å². The molecule has 4 rings (SSSR count). The van der Waals surface area contributed by atoms with Gasteiger partial charge in [-0.25, -0.2) is 14.5 Å². The Hall–Kier alpha value is -3.25. The number of ether oxygens (including phenoxy) is 1. The molecule has 30 heavy (non-hydrogen) atoms. The number of halogens is 3. The van der Waals surface area contributed by atoms with Crippen LogP contribution in [-0.4, -0.2) is 51.3 Å². The van der Waals surface area contributed by atoms with Crippen LogP contribution in [0.25, 0.3) is 16.9 Å². The molecule has 1 saturated heterocycles. The average molecular weight is 421 g/mol. The number of carbonyl (C=O) groups excluding carboxylic acids is 1. The Labute approximate surface area is 168 Å². The Balaban J connectivity index is 1.50. The normalized spacial score (nSPS) is 16.8. The van der Waals surface area contributed by atoms with Gasteiger partial charge in [-0.1, -0.05) is 0 Å². The lowest BCUT2D eigenvalue weighted by Crippen LogP contribution is -2.24. The number of alkyl halides is 3. The summed E-state index contributed by atoms with van der Waals surface area (Å²) >= 11 is 0. The molecule has 158 valence electrons. The number of hydrogen-bond acceptors (Lipinski definition) is 7. The van der Waals surface area contributed by atoms with Crippen molar-refractivity contribution in [2.45, 2.75) is 18.7 Å². The molecule has 3 aromatic rings. The van der Waals surface area contributed by atoms with E-state index in [0.717, 1.165) is 19.0 Å². The molecule has 1 amide bonds. The number of nitrogens with two attached hydrogens (primary N) is 1. The standard InChI is InChI=1S/C18H18F3N7O2/c19-18(20,21)12-5-10(6-24-17(12)22)13-1-2-15-25-14(8-28(15)27-13)26-16(29)9-30-11-3-4-23-7-11/h1-2,5-6,8,11,23H,3-4,7,9H2,(H2,22,24)(H,26,29)/t11-/m0/s1. The summed E-state index contributed by atoms with van der Waals surface area (Å²) in [6.07, 6.45) is -1.09. The lowest BCUT2D eigenvalue weighted by atomic mass is 10.1. The molecule has 0 saturated carbocycles. The number of amides is 1. The van der Waals surface area contributed by atoms with Crippen molar-refractivity contribution in [3.8, 4) is 11.3 Å².